The van der Waals surface area contributed by atoms with Gasteiger partial charge in [-0.15, -0.1) is 0 Å². The number of imidazole rings is 1. The molecule has 1 aliphatic heterocycles. The van der Waals surface area contributed by atoms with Gasteiger partial charge in [0.05, 0.1) is 12.3 Å². The summed E-state index contributed by atoms with van der Waals surface area (Å²) in [6, 6.07) is 5.82. The largest absolute Gasteiger partial charge is 0.366 e. The van der Waals surface area contributed by atoms with Crippen LogP contribution in [0, 0.1) is 0 Å². The van der Waals surface area contributed by atoms with Crippen molar-refractivity contribution in [3.63, 3.8) is 0 Å². The molecule has 0 bridgehead atoms. The average molecular weight is 195 g/mol. The molecule has 3 heterocycles. The van der Waals surface area contributed by atoms with Crippen LogP contribution in [0.1, 0.15) is 11.8 Å². The first-order chi connectivity index (χ1) is 6.36. The zero-order valence-corrected chi connectivity index (χ0v) is 7.53. The molecule has 0 saturated carbocycles. The first kappa shape index (κ1) is 7.35. The number of aromatic nitrogens is 2. The van der Waals surface area contributed by atoms with Crippen molar-refractivity contribution in [2.24, 2.45) is 0 Å². The van der Waals surface area contributed by atoms with Gasteiger partial charge in [0.2, 0.25) is 0 Å². The number of fused-ring (bicyclic) bond motifs is 1. The Morgan fingerprint density at radius 1 is 1.54 bits per heavy atom. The number of ether oxygens (including phenoxy) is 1. The maximum absolute atomic E-state index is 5.99. The number of nitrogens with zero attached hydrogens (tertiary/aromatic N) is 2. The Kier molecular flexibility index (Phi) is 1.39. The highest BCUT2D eigenvalue weighted by molar-refractivity contribution is 6.30. The molecule has 1 saturated heterocycles. The molecule has 4 heteroatoms. The minimum Gasteiger partial charge on any atom is -0.366 e. The lowest BCUT2D eigenvalue weighted by Crippen LogP contribution is -1.90. The van der Waals surface area contributed by atoms with E-state index in [0.717, 1.165) is 17.9 Å². The van der Waals surface area contributed by atoms with Crippen molar-refractivity contribution in [3.05, 3.63) is 35.2 Å². The van der Waals surface area contributed by atoms with Crippen molar-refractivity contribution < 1.29 is 4.74 Å². The molecule has 0 amide bonds. The maximum Gasteiger partial charge on any atom is 0.154 e. The van der Waals surface area contributed by atoms with E-state index in [9.17, 15) is 0 Å². The number of rotatable bonds is 1. The highest BCUT2D eigenvalue weighted by Gasteiger charge is 2.31. The summed E-state index contributed by atoms with van der Waals surface area (Å²) in [6.07, 6.45) is 2.09. The Hall–Kier alpha value is -1.06. The molecule has 2 aromatic rings. The summed E-state index contributed by atoms with van der Waals surface area (Å²) in [7, 11) is 0. The van der Waals surface area contributed by atoms with Crippen molar-refractivity contribution in [3.8, 4) is 0 Å². The van der Waals surface area contributed by atoms with Crippen LogP contribution in [0.3, 0.4) is 0 Å². The van der Waals surface area contributed by atoms with Crippen LogP contribution in [0.5, 0.6) is 0 Å². The van der Waals surface area contributed by atoms with E-state index < -0.39 is 0 Å². The Labute approximate surface area is 79.9 Å². The van der Waals surface area contributed by atoms with Gasteiger partial charge in [0.1, 0.15) is 11.8 Å². The molecular formula is C9H7ClN2O. The van der Waals surface area contributed by atoms with Crippen molar-refractivity contribution in [1.29, 1.82) is 0 Å². The Bertz CT molecular complexity index is 462. The van der Waals surface area contributed by atoms with Gasteiger partial charge in [-0.2, -0.15) is 0 Å². The molecule has 0 N–H and O–H groups in total. The second-order valence-electron chi connectivity index (χ2n) is 3.04. The Morgan fingerprint density at radius 3 is 3.15 bits per heavy atom. The molecule has 3 nitrogen and oxygen atoms in total. The highest BCUT2D eigenvalue weighted by Crippen LogP contribution is 2.34. The predicted molar refractivity (Wildman–Crippen MR) is 48.9 cm³/mol. The third-order valence-corrected chi connectivity index (χ3v) is 2.44. The number of halogens is 1. The maximum atomic E-state index is 5.99. The fourth-order valence-electron chi connectivity index (χ4n) is 1.48. The summed E-state index contributed by atoms with van der Waals surface area (Å²) < 4.78 is 7.17. The summed E-state index contributed by atoms with van der Waals surface area (Å²) in [5.74, 6) is 0. The van der Waals surface area contributed by atoms with Crippen LogP contribution in [-0.2, 0) is 4.74 Å². The van der Waals surface area contributed by atoms with Crippen molar-refractivity contribution in [2.75, 3.05) is 6.61 Å². The minimum absolute atomic E-state index is 0.143. The lowest BCUT2D eigenvalue weighted by molar-refractivity contribution is 0.410. The molecule has 0 spiro atoms. The second-order valence-corrected chi connectivity index (χ2v) is 3.40. The minimum atomic E-state index is 0.143. The van der Waals surface area contributed by atoms with E-state index in [4.69, 9.17) is 16.3 Å². The zero-order valence-electron chi connectivity index (χ0n) is 6.77. The molecule has 1 aliphatic rings. The van der Waals surface area contributed by atoms with Gasteiger partial charge in [0, 0.05) is 6.20 Å². The van der Waals surface area contributed by atoms with E-state index in [-0.39, 0.29) is 6.10 Å². The molecule has 66 valence electrons. The van der Waals surface area contributed by atoms with Crippen molar-refractivity contribution >= 4 is 17.2 Å². The fourth-order valence-corrected chi connectivity index (χ4v) is 1.78. The van der Waals surface area contributed by atoms with E-state index in [1.807, 2.05) is 28.8 Å². The summed E-state index contributed by atoms with van der Waals surface area (Å²) >= 11 is 5.99. The number of hydrogen-bond donors (Lipinski definition) is 0. The van der Waals surface area contributed by atoms with Gasteiger partial charge >= 0.3 is 0 Å². The van der Waals surface area contributed by atoms with Crippen LogP contribution >= 0.6 is 11.6 Å². The number of pyridine rings is 1. The molecule has 0 radical (unpaired) electrons. The van der Waals surface area contributed by atoms with Crippen LogP contribution in [0.25, 0.3) is 5.65 Å². The zero-order chi connectivity index (χ0) is 8.84. The first-order valence-electron chi connectivity index (χ1n) is 4.10. The predicted octanol–water partition coefficient (Wildman–Crippen LogP) is 2.06. The van der Waals surface area contributed by atoms with Crippen LogP contribution in [-0.4, -0.2) is 16.0 Å². The highest BCUT2D eigenvalue weighted by atomic mass is 35.5. The van der Waals surface area contributed by atoms with Gasteiger partial charge in [0.25, 0.3) is 0 Å². The topological polar surface area (TPSA) is 29.8 Å². The summed E-state index contributed by atoms with van der Waals surface area (Å²) in [5.41, 5.74) is 1.84. The van der Waals surface area contributed by atoms with E-state index in [0.29, 0.717) is 5.15 Å². The van der Waals surface area contributed by atoms with Crippen LogP contribution in [0.2, 0.25) is 5.15 Å². The van der Waals surface area contributed by atoms with Gasteiger partial charge in [-0.05, 0) is 12.1 Å². The Morgan fingerprint density at radius 2 is 2.38 bits per heavy atom. The van der Waals surface area contributed by atoms with Crippen LogP contribution in [0.15, 0.2) is 24.4 Å². The molecule has 1 atom stereocenters. The molecular weight excluding hydrogens is 188 g/mol. The average Bonchev–Trinajstić information content (AvgIpc) is 2.88. The molecule has 0 aliphatic carbocycles. The first-order valence-corrected chi connectivity index (χ1v) is 4.48. The van der Waals surface area contributed by atoms with Crippen LogP contribution in [0.4, 0.5) is 0 Å². The van der Waals surface area contributed by atoms with Crippen LogP contribution < -0.4 is 0 Å². The third-order valence-electron chi connectivity index (χ3n) is 2.16. The second kappa shape index (κ2) is 2.47. The molecule has 0 aromatic carbocycles. The van der Waals surface area contributed by atoms with E-state index >= 15 is 0 Å². The van der Waals surface area contributed by atoms with E-state index in [2.05, 4.69) is 4.98 Å². The molecule has 1 fully saturated rings. The van der Waals surface area contributed by atoms with Crippen molar-refractivity contribution in [2.45, 2.75) is 6.10 Å². The normalized spacial score (nSPS) is 20.8. The molecule has 0 unspecified atom stereocenters. The molecule has 13 heavy (non-hydrogen) atoms. The SMILES string of the molecule is Clc1nc2ccccn2c1[C@H]1CO1. The van der Waals surface area contributed by atoms with Gasteiger partial charge in [-0.3, -0.25) is 4.40 Å². The lowest BCUT2D eigenvalue weighted by atomic mass is 10.3. The van der Waals surface area contributed by atoms with Gasteiger partial charge < -0.3 is 4.74 Å². The standard InChI is InChI=1S/C9H7ClN2O/c10-9-8(6-5-13-6)12-4-2-1-3-7(12)11-9/h1-4,6H,5H2/t6-/m1/s1. The van der Waals surface area contributed by atoms with Gasteiger partial charge in [-0.25, -0.2) is 4.98 Å². The quantitative estimate of drug-likeness (QED) is 0.651. The Balaban J connectivity index is 2.35. The van der Waals surface area contributed by atoms with Gasteiger partial charge in [-0.1, -0.05) is 17.7 Å². The molecule has 3 rings (SSSR count). The van der Waals surface area contributed by atoms with Gasteiger partial charge in [0.15, 0.2) is 5.15 Å². The summed E-state index contributed by atoms with van der Waals surface area (Å²) in [6.45, 7) is 0.752. The summed E-state index contributed by atoms with van der Waals surface area (Å²) in [4.78, 5) is 4.22. The smallest absolute Gasteiger partial charge is 0.154 e. The number of hydrogen-bond acceptors (Lipinski definition) is 2. The number of epoxide rings is 1. The molecule has 2 aromatic heterocycles. The van der Waals surface area contributed by atoms with E-state index in [1.54, 1.807) is 0 Å². The monoisotopic (exact) mass is 194 g/mol. The lowest BCUT2D eigenvalue weighted by Gasteiger charge is -1.95. The summed E-state index contributed by atoms with van der Waals surface area (Å²) in [5, 5.41) is 0.550. The fraction of sp³-hybridized carbons (Fsp3) is 0.222. The van der Waals surface area contributed by atoms with E-state index in [1.165, 1.54) is 0 Å². The van der Waals surface area contributed by atoms with Crippen molar-refractivity contribution in [1.82, 2.24) is 9.38 Å². The third kappa shape index (κ3) is 1.04.